The van der Waals surface area contributed by atoms with E-state index in [-0.39, 0.29) is 18.6 Å². The third-order valence-electron chi connectivity index (χ3n) is 4.95. The Hall–Kier alpha value is -0.610. The van der Waals surface area contributed by atoms with Crippen molar-refractivity contribution >= 4 is 5.91 Å². The van der Waals surface area contributed by atoms with Gasteiger partial charge in [0.25, 0.3) is 0 Å². The van der Waals surface area contributed by atoms with Crippen LogP contribution in [-0.4, -0.2) is 47.2 Å². The Kier molecular flexibility index (Phi) is 6.30. The first-order chi connectivity index (χ1) is 9.72. The Bertz CT molecular complexity index is 299. The van der Waals surface area contributed by atoms with Gasteiger partial charge < -0.3 is 10.4 Å². The average Bonchev–Trinajstić information content (AvgIpc) is 2.41. The fourth-order valence-corrected chi connectivity index (χ4v) is 3.38. The molecule has 116 valence electrons. The van der Waals surface area contributed by atoms with Crippen molar-refractivity contribution in [2.75, 3.05) is 13.2 Å². The summed E-state index contributed by atoms with van der Waals surface area (Å²) in [6.07, 6.45) is 10.5. The monoisotopic (exact) mass is 282 g/mol. The second-order valence-electron chi connectivity index (χ2n) is 6.42. The third-order valence-corrected chi connectivity index (χ3v) is 4.95. The predicted molar refractivity (Wildman–Crippen MR) is 80.5 cm³/mol. The molecule has 0 aromatic heterocycles. The molecule has 0 heterocycles. The first-order valence-electron chi connectivity index (χ1n) is 8.39. The molecule has 0 radical (unpaired) electrons. The molecular weight excluding hydrogens is 252 g/mol. The lowest BCUT2D eigenvalue weighted by Crippen LogP contribution is -2.54. The normalized spacial score (nSPS) is 22.6. The van der Waals surface area contributed by atoms with Crippen molar-refractivity contribution < 1.29 is 9.90 Å². The van der Waals surface area contributed by atoms with Crippen LogP contribution < -0.4 is 5.32 Å². The zero-order chi connectivity index (χ0) is 14.4. The van der Waals surface area contributed by atoms with Crippen molar-refractivity contribution in [2.24, 2.45) is 0 Å². The highest BCUT2D eigenvalue weighted by Gasteiger charge is 2.32. The molecule has 0 aromatic carbocycles. The van der Waals surface area contributed by atoms with Crippen LogP contribution in [0.2, 0.25) is 0 Å². The number of carbonyl (C=O) groups is 1. The minimum atomic E-state index is -0.0613. The highest BCUT2D eigenvalue weighted by atomic mass is 16.3. The minimum Gasteiger partial charge on any atom is -0.396 e. The van der Waals surface area contributed by atoms with E-state index >= 15 is 0 Å². The first-order valence-corrected chi connectivity index (χ1v) is 8.39. The molecule has 2 fully saturated rings. The van der Waals surface area contributed by atoms with Crippen molar-refractivity contribution in [3.8, 4) is 0 Å². The van der Waals surface area contributed by atoms with Crippen LogP contribution in [0.5, 0.6) is 0 Å². The SMILES string of the molecule is CC(C(=O)NC1CCCCC1)N(CCCO)C1CCC1. The van der Waals surface area contributed by atoms with Gasteiger partial charge in [-0.2, -0.15) is 0 Å². The summed E-state index contributed by atoms with van der Waals surface area (Å²) in [6, 6.07) is 0.877. The molecule has 1 unspecified atom stereocenters. The first kappa shape index (κ1) is 15.8. The smallest absolute Gasteiger partial charge is 0.237 e. The maximum absolute atomic E-state index is 12.4. The maximum atomic E-state index is 12.4. The van der Waals surface area contributed by atoms with E-state index in [4.69, 9.17) is 5.11 Å². The van der Waals surface area contributed by atoms with Crippen LogP contribution in [0.1, 0.15) is 64.7 Å². The van der Waals surface area contributed by atoms with E-state index in [9.17, 15) is 4.79 Å². The van der Waals surface area contributed by atoms with E-state index in [1.165, 1.54) is 38.5 Å². The van der Waals surface area contributed by atoms with Crippen LogP contribution in [-0.2, 0) is 4.79 Å². The van der Waals surface area contributed by atoms with Gasteiger partial charge >= 0.3 is 0 Å². The van der Waals surface area contributed by atoms with Crippen molar-refractivity contribution in [3.05, 3.63) is 0 Å². The van der Waals surface area contributed by atoms with E-state index in [1.54, 1.807) is 0 Å². The number of carbonyl (C=O) groups excluding carboxylic acids is 1. The molecule has 1 atom stereocenters. The van der Waals surface area contributed by atoms with E-state index in [2.05, 4.69) is 10.2 Å². The molecule has 2 N–H and O–H groups in total. The Balaban J connectivity index is 1.84. The van der Waals surface area contributed by atoms with Gasteiger partial charge in [-0.15, -0.1) is 0 Å². The summed E-state index contributed by atoms with van der Waals surface area (Å²) in [4.78, 5) is 14.7. The molecule has 20 heavy (non-hydrogen) atoms. The number of aliphatic hydroxyl groups is 1. The van der Waals surface area contributed by atoms with Crippen molar-refractivity contribution in [1.29, 1.82) is 0 Å². The summed E-state index contributed by atoms with van der Waals surface area (Å²) in [6.45, 7) is 3.06. The maximum Gasteiger partial charge on any atom is 0.237 e. The lowest BCUT2D eigenvalue weighted by Gasteiger charge is -2.41. The highest BCUT2D eigenvalue weighted by molar-refractivity contribution is 5.81. The summed E-state index contributed by atoms with van der Waals surface area (Å²) in [7, 11) is 0. The van der Waals surface area contributed by atoms with Gasteiger partial charge in [-0.05, 0) is 39.0 Å². The Morgan fingerprint density at radius 3 is 2.45 bits per heavy atom. The number of nitrogens with zero attached hydrogens (tertiary/aromatic N) is 1. The number of nitrogens with one attached hydrogen (secondary N) is 1. The minimum absolute atomic E-state index is 0.0613. The summed E-state index contributed by atoms with van der Waals surface area (Å²) in [5.74, 6) is 0.182. The van der Waals surface area contributed by atoms with Gasteiger partial charge in [-0.1, -0.05) is 25.7 Å². The molecular formula is C16H30N2O2. The summed E-state index contributed by atoms with van der Waals surface area (Å²) < 4.78 is 0. The van der Waals surface area contributed by atoms with E-state index in [0.29, 0.717) is 12.1 Å². The Labute approximate surface area is 122 Å². The molecule has 0 bridgehead atoms. The molecule has 1 amide bonds. The number of rotatable bonds is 7. The molecule has 0 aromatic rings. The van der Waals surface area contributed by atoms with Gasteiger partial charge in [0.2, 0.25) is 5.91 Å². The molecule has 2 aliphatic carbocycles. The zero-order valence-electron chi connectivity index (χ0n) is 12.8. The zero-order valence-corrected chi connectivity index (χ0v) is 12.8. The van der Waals surface area contributed by atoms with E-state index < -0.39 is 0 Å². The largest absolute Gasteiger partial charge is 0.396 e. The molecule has 4 heteroatoms. The van der Waals surface area contributed by atoms with Crippen LogP contribution in [0.4, 0.5) is 0 Å². The summed E-state index contributed by atoms with van der Waals surface area (Å²) in [5, 5.41) is 12.3. The van der Waals surface area contributed by atoms with Crippen molar-refractivity contribution in [3.63, 3.8) is 0 Å². The van der Waals surface area contributed by atoms with Crippen molar-refractivity contribution in [1.82, 2.24) is 10.2 Å². The average molecular weight is 282 g/mol. The number of amides is 1. The van der Waals surface area contributed by atoms with Gasteiger partial charge in [0.15, 0.2) is 0 Å². The molecule has 0 aliphatic heterocycles. The number of hydrogen-bond donors (Lipinski definition) is 2. The second-order valence-corrected chi connectivity index (χ2v) is 6.42. The van der Waals surface area contributed by atoms with Gasteiger partial charge in [0.1, 0.15) is 0 Å². The standard InChI is InChI=1S/C16H30N2O2/c1-13(16(20)17-14-7-3-2-4-8-14)18(11-6-12-19)15-9-5-10-15/h13-15,19H,2-12H2,1H3,(H,17,20). The number of hydrogen-bond acceptors (Lipinski definition) is 3. The molecule has 2 saturated carbocycles. The predicted octanol–water partition coefficient (Wildman–Crippen LogP) is 2.06. The molecule has 0 spiro atoms. The Morgan fingerprint density at radius 2 is 1.90 bits per heavy atom. The van der Waals surface area contributed by atoms with E-state index in [1.807, 2.05) is 6.92 Å². The van der Waals surface area contributed by atoms with E-state index in [0.717, 1.165) is 25.8 Å². The Morgan fingerprint density at radius 1 is 1.20 bits per heavy atom. The fraction of sp³-hybridized carbons (Fsp3) is 0.938. The quantitative estimate of drug-likeness (QED) is 0.751. The van der Waals surface area contributed by atoms with Crippen LogP contribution in [0.3, 0.4) is 0 Å². The van der Waals surface area contributed by atoms with Gasteiger partial charge in [0.05, 0.1) is 6.04 Å². The lowest BCUT2D eigenvalue weighted by molar-refractivity contribution is -0.128. The van der Waals surface area contributed by atoms with Gasteiger partial charge in [0, 0.05) is 25.2 Å². The van der Waals surface area contributed by atoms with Gasteiger partial charge in [-0.3, -0.25) is 9.69 Å². The molecule has 0 saturated heterocycles. The van der Waals surface area contributed by atoms with Crippen LogP contribution >= 0.6 is 0 Å². The highest BCUT2D eigenvalue weighted by Crippen LogP contribution is 2.27. The summed E-state index contributed by atoms with van der Waals surface area (Å²) in [5.41, 5.74) is 0. The molecule has 4 nitrogen and oxygen atoms in total. The number of aliphatic hydroxyl groups excluding tert-OH is 1. The van der Waals surface area contributed by atoms with Crippen LogP contribution in [0.25, 0.3) is 0 Å². The molecule has 2 rings (SSSR count). The topological polar surface area (TPSA) is 52.6 Å². The van der Waals surface area contributed by atoms with Gasteiger partial charge in [-0.25, -0.2) is 0 Å². The molecule has 2 aliphatic rings. The van der Waals surface area contributed by atoms with Crippen LogP contribution in [0, 0.1) is 0 Å². The van der Waals surface area contributed by atoms with Crippen molar-refractivity contribution in [2.45, 2.75) is 82.8 Å². The summed E-state index contributed by atoms with van der Waals surface area (Å²) >= 11 is 0. The lowest BCUT2D eigenvalue weighted by atomic mass is 9.90. The van der Waals surface area contributed by atoms with Crippen LogP contribution in [0.15, 0.2) is 0 Å². The third kappa shape index (κ3) is 4.19. The second kappa shape index (κ2) is 7.99. The fourth-order valence-electron chi connectivity index (χ4n) is 3.38.